The Kier molecular flexibility index (Phi) is 18.9. The SMILES string of the molecule is CCCCC/C=C\C/C=C\CCCCCCCCC(O)CCO. The first-order valence-corrected chi connectivity index (χ1v) is 9.90. The molecule has 0 aliphatic carbocycles. The van der Waals surface area contributed by atoms with Crippen LogP contribution < -0.4 is 0 Å². The molecule has 2 N–H and O–H groups in total. The van der Waals surface area contributed by atoms with Crippen LogP contribution in [0, 0.1) is 0 Å². The fourth-order valence-electron chi connectivity index (χ4n) is 2.66. The average Bonchev–Trinajstić information content (AvgIpc) is 2.54. The van der Waals surface area contributed by atoms with E-state index in [1.165, 1.54) is 64.2 Å². The summed E-state index contributed by atoms with van der Waals surface area (Å²) in [6.45, 7) is 2.35. The average molecular weight is 325 g/mol. The van der Waals surface area contributed by atoms with Crippen molar-refractivity contribution in [2.45, 2.75) is 103 Å². The number of unbranched alkanes of at least 4 members (excludes halogenated alkanes) is 9. The van der Waals surface area contributed by atoms with Gasteiger partial charge >= 0.3 is 0 Å². The molecule has 0 aliphatic heterocycles. The molecule has 0 spiro atoms. The molecule has 0 fully saturated rings. The second kappa shape index (κ2) is 19.4. The molecule has 0 aliphatic rings. The fraction of sp³-hybridized carbons (Fsp3) is 0.810. The highest BCUT2D eigenvalue weighted by molar-refractivity contribution is 4.92. The topological polar surface area (TPSA) is 40.5 Å². The van der Waals surface area contributed by atoms with Crippen LogP contribution in [-0.2, 0) is 0 Å². The normalized spacial score (nSPS) is 13.3. The molecule has 0 rings (SSSR count). The quantitative estimate of drug-likeness (QED) is 0.257. The molecule has 2 heteroatoms. The molecule has 23 heavy (non-hydrogen) atoms. The molecular weight excluding hydrogens is 284 g/mol. The summed E-state index contributed by atoms with van der Waals surface area (Å²) in [4.78, 5) is 0. The minimum Gasteiger partial charge on any atom is -0.396 e. The minimum absolute atomic E-state index is 0.101. The Morgan fingerprint density at radius 1 is 0.696 bits per heavy atom. The van der Waals surface area contributed by atoms with Crippen LogP contribution in [0.1, 0.15) is 96.8 Å². The highest BCUT2D eigenvalue weighted by atomic mass is 16.3. The number of aliphatic hydroxyl groups excluding tert-OH is 2. The van der Waals surface area contributed by atoms with Gasteiger partial charge in [0.2, 0.25) is 0 Å². The number of hydrogen-bond donors (Lipinski definition) is 2. The summed E-state index contributed by atoms with van der Waals surface area (Å²) in [7, 11) is 0. The lowest BCUT2D eigenvalue weighted by Crippen LogP contribution is -2.08. The zero-order valence-corrected chi connectivity index (χ0v) is 15.4. The molecule has 0 aromatic heterocycles. The van der Waals surface area contributed by atoms with Crippen LogP contribution in [0.15, 0.2) is 24.3 Å². The zero-order chi connectivity index (χ0) is 17.0. The van der Waals surface area contributed by atoms with Gasteiger partial charge in [-0.15, -0.1) is 0 Å². The van der Waals surface area contributed by atoms with Crippen molar-refractivity contribution >= 4 is 0 Å². The molecule has 2 nitrogen and oxygen atoms in total. The third-order valence-corrected chi connectivity index (χ3v) is 4.20. The lowest BCUT2D eigenvalue weighted by Gasteiger charge is -2.07. The van der Waals surface area contributed by atoms with Crippen molar-refractivity contribution in [2.24, 2.45) is 0 Å². The van der Waals surface area contributed by atoms with E-state index in [0.717, 1.165) is 19.3 Å². The first kappa shape index (κ1) is 22.4. The van der Waals surface area contributed by atoms with Crippen LogP contribution in [0.3, 0.4) is 0 Å². The van der Waals surface area contributed by atoms with Gasteiger partial charge in [-0.25, -0.2) is 0 Å². The summed E-state index contributed by atoms with van der Waals surface area (Å²) < 4.78 is 0. The van der Waals surface area contributed by atoms with E-state index in [4.69, 9.17) is 5.11 Å². The van der Waals surface area contributed by atoms with Gasteiger partial charge in [0.25, 0.3) is 0 Å². The van der Waals surface area contributed by atoms with E-state index in [1.807, 2.05) is 0 Å². The third kappa shape index (κ3) is 19.4. The highest BCUT2D eigenvalue weighted by Crippen LogP contribution is 2.11. The molecule has 0 saturated heterocycles. The monoisotopic (exact) mass is 324 g/mol. The molecule has 0 radical (unpaired) electrons. The molecule has 0 aromatic carbocycles. The van der Waals surface area contributed by atoms with Crippen molar-refractivity contribution in [2.75, 3.05) is 6.61 Å². The Morgan fingerprint density at radius 2 is 1.26 bits per heavy atom. The summed E-state index contributed by atoms with van der Waals surface area (Å²) in [5.41, 5.74) is 0. The fourth-order valence-corrected chi connectivity index (χ4v) is 2.66. The molecule has 0 amide bonds. The Morgan fingerprint density at radius 3 is 1.87 bits per heavy atom. The van der Waals surface area contributed by atoms with Crippen LogP contribution in [0.2, 0.25) is 0 Å². The summed E-state index contributed by atoms with van der Waals surface area (Å²) in [6, 6.07) is 0. The van der Waals surface area contributed by atoms with Crippen molar-refractivity contribution in [1.29, 1.82) is 0 Å². The molecule has 0 heterocycles. The van der Waals surface area contributed by atoms with Gasteiger partial charge in [0.1, 0.15) is 0 Å². The Balaban J connectivity index is 3.19. The number of aliphatic hydroxyl groups is 2. The van der Waals surface area contributed by atoms with Gasteiger partial charge in [-0.1, -0.05) is 76.2 Å². The molecule has 0 aromatic rings. The van der Waals surface area contributed by atoms with Crippen LogP contribution in [0.5, 0.6) is 0 Å². The van der Waals surface area contributed by atoms with Crippen molar-refractivity contribution in [3.63, 3.8) is 0 Å². The molecule has 136 valence electrons. The second-order valence-electron chi connectivity index (χ2n) is 6.54. The summed E-state index contributed by atoms with van der Waals surface area (Å²) in [6.07, 6.45) is 25.3. The van der Waals surface area contributed by atoms with E-state index in [1.54, 1.807) is 0 Å². The van der Waals surface area contributed by atoms with Crippen molar-refractivity contribution in [3.05, 3.63) is 24.3 Å². The standard InChI is InChI=1S/C21H40O2/c1-2-3-4-5-6-7-8-9-10-11-12-13-14-15-16-17-18-21(23)19-20-22/h6-7,9-10,21-23H,2-5,8,11-20H2,1H3/b7-6-,10-9-. The van der Waals surface area contributed by atoms with Gasteiger partial charge < -0.3 is 10.2 Å². The lowest BCUT2D eigenvalue weighted by molar-refractivity contribution is 0.122. The Hall–Kier alpha value is -0.600. The van der Waals surface area contributed by atoms with E-state index in [2.05, 4.69) is 31.2 Å². The maximum absolute atomic E-state index is 9.49. The third-order valence-electron chi connectivity index (χ3n) is 4.20. The molecule has 1 atom stereocenters. The van der Waals surface area contributed by atoms with E-state index < -0.39 is 0 Å². The smallest absolute Gasteiger partial charge is 0.0562 e. The molecule has 0 bridgehead atoms. The Bertz CT molecular complexity index is 271. The molecule has 1 unspecified atom stereocenters. The zero-order valence-electron chi connectivity index (χ0n) is 15.4. The first-order chi connectivity index (χ1) is 11.3. The van der Waals surface area contributed by atoms with Crippen LogP contribution in [0.4, 0.5) is 0 Å². The minimum atomic E-state index is -0.300. The van der Waals surface area contributed by atoms with Crippen molar-refractivity contribution < 1.29 is 10.2 Å². The largest absolute Gasteiger partial charge is 0.396 e. The predicted octanol–water partition coefficient (Wildman–Crippen LogP) is 5.93. The number of rotatable bonds is 17. The summed E-state index contributed by atoms with van der Waals surface area (Å²) in [5.74, 6) is 0. The number of hydrogen-bond acceptors (Lipinski definition) is 2. The number of allylic oxidation sites excluding steroid dienone is 4. The Labute approximate surface area is 144 Å². The molecule has 0 saturated carbocycles. The molecular formula is C21H40O2. The van der Waals surface area contributed by atoms with Crippen LogP contribution in [0.25, 0.3) is 0 Å². The highest BCUT2D eigenvalue weighted by Gasteiger charge is 2.01. The predicted molar refractivity (Wildman–Crippen MR) is 102 cm³/mol. The van der Waals surface area contributed by atoms with E-state index in [0.29, 0.717) is 6.42 Å². The van der Waals surface area contributed by atoms with Gasteiger partial charge in [0.05, 0.1) is 6.10 Å². The maximum Gasteiger partial charge on any atom is 0.0562 e. The van der Waals surface area contributed by atoms with E-state index in [9.17, 15) is 5.11 Å². The second-order valence-corrected chi connectivity index (χ2v) is 6.54. The lowest BCUT2D eigenvalue weighted by atomic mass is 10.0. The van der Waals surface area contributed by atoms with Gasteiger partial charge in [-0.05, 0) is 44.9 Å². The van der Waals surface area contributed by atoms with Gasteiger partial charge in [0.15, 0.2) is 0 Å². The van der Waals surface area contributed by atoms with E-state index in [-0.39, 0.29) is 12.7 Å². The van der Waals surface area contributed by atoms with Gasteiger partial charge in [-0.2, -0.15) is 0 Å². The van der Waals surface area contributed by atoms with E-state index >= 15 is 0 Å². The summed E-state index contributed by atoms with van der Waals surface area (Å²) in [5, 5.41) is 18.2. The first-order valence-electron chi connectivity index (χ1n) is 9.90. The van der Waals surface area contributed by atoms with Crippen molar-refractivity contribution in [3.8, 4) is 0 Å². The van der Waals surface area contributed by atoms with Crippen LogP contribution >= 0.6 is 0 Å². The van der Waals surface area contributed by atoms with Crippen LogP contribution in [-0.4, -0.2) is 22.9 Å². The van der Waals surface area contributed by atoms with Gasteiger partial charge in [0, 0.05) is 6.61 Å². The van der Waals surface area contributed by atoms with Crippen molar-refractivity contribution in [1.82, 2.24) is 0 Å². The maximum atomic E-state index is 9.49. The summed E-state index contributed by atoms with van der Waals surface area (Å²) >= 11 is 0. The van der Waals surface area contributed by atoms with Gasteiger partial charge in [-0.3, -0.25) is 0 Å².